The van der Waals surface area contributed by atoms with Crippen LogP contribution in [0.1, 0.15) is 11.1 Å². The maximum Gasteiger partial charge on any atom is 0.319 e. The number of carbonyl (C=O) groups is 2. The second kappa shape index (κ2) is 9.25. The van der Waals surface area contributed by atoms with Crippen molar-refractivity contribution in [2.75, 3.05) is 44.0 Å². The Morgan fingerprint density at radius 2 is 1.97 bits per heavy atom. The lowest BCUT2D eigenvalue weighted by atomic mass is 10.1. The number of primary amides is 1. The van der Waals surface area contributed by atoms with Crippen LogP contribution in [-0.4, -0.2) is 50.6 Å². The van der Waals surface area contributed by atoms with E-state index in [1.165, 1.54) is 11.0 Å². The third-order valence-electron chi connectivity index (χ3n) is 4.62. The third-order valence-corrected chi connectivity index (χ3v) is 4.62. The Morgan fingerprint density at radius 1 is 1.21 bits per heavy atom. The predicted octanol–water partition coefficient (Wildman–Crippen LogP) is 2.72. The zero-order valence-electron chi connectivity index (χ0n) is 16.7. The number of fused-ring (bicyclic) bond motifs is 1. The molecule has 0 fully saturated rings. The molecule has 7 nitrogen and oxygen atoms in total. The lowest BCUT2D eigenvalue weighted by molar-refractivity contribution is -0.111. The number of anilines is 2. The number of rotatable bonds is 7. The molecule has 3 amide bonds. The molecule has 0 spiro atoms. The summed E-state index contributed by atoms with van der Waals surface area (Å²) in [5.41, 5.74) is 8.77. The Kier molecular flexibility index (Phi) is 6.51. The van der Waals surface area contributed by atoms with Gasteiger partial charge in [0.15, 0.2) is 0 Å². The average molecular weight is 394 g/mol. The standard InChI is InChI=1S/C22H26N4O3/c1-25(2)13-14-29-19-7-3-16(4-8-19)5-10-21(27)24-18-6-9-20-17(15-18)11-12-26(20)22(23)28/h3-10,15H,11-14H2,1-2H3,(H2,23,28)(H,24,27)/b10-5+. The number of amides is 3. The van der Waals surface area contributed by atoms with Crippen molar-refractivity contribution in [2.24, 2.45) is 5.73 Å². The highest BCUT2D eigenvalue weighted by molar-refractivity contribution is 6.02. The Balaban J connectivity index is 1.54. The molecular weight excluding hydrogens is 368 g/mol. The first kappa shape index (κ1) is 20.4. The number of urea groups is 1. The monoisotopic (exact) mass is 394 g/mol. The molecule has 2 aromatic carbocycles. The number of hydrogen-bond donors (Lipinski definition) is 2. The van der Waals surface area contributed by atoms with Crippen LogP contribution in [0.2, 0.25) is 0 Å². The summed E-state index contributed by atoms with van der Waals surface area (Å²) in [4.78, 5) is 27.2. The van der Waals surface area contributed by atoms with Crippen LogP contribution >= 0.6 is 0 Å². The Morgan fingerprint density at radius 3 is 2.66 bits per heavy atom. The SMILES string of the molecule is CN(C)CCOc1ccc(/C=C/C(=O)Nc2ccc3c(c2)CCN3C(N)=O)cc1. The first-order valence-corrected chi connectivity index (χ1v) is 9.49. The van der Waals surface area contributed by atoms with Gasteiger partial charge in [0.25, 0.3) is 0 Å². The van der Waals surface area contributed by atoms with Crippen LogP contribution in [0, 0.1) is 0 Å². The molecule has 0 saturated carbocycles. The van der Waals surface area contributed by atoms with E-state index in [4.69, 9.17) is 10.5 Å². The van der Waals surface area contributed by atoms with E-state index in [9.17, 15) is 9.59 Å². The fourth-order valence-corrected chi connectivity index (χ4v) is 3.09. The van der Waals surface area contributed by atoms with Gasteiger partial charge < -0.3 is 20.7 Å². The summed E-state index contributed by atoms with van der Waals surface area (Å²) in [6, 6.07) is 12.6. The zero-order valence-corrected chi connectivity index (χ0v) is 16.7. The van der Waals surface area contributed by atoms with E-state index in [0.29, 0.717) is 18.8 Å². The van der Waals surface area contributed by atoms with Crippen molar-refractivity contribution >= 4 is 29.4 Å². The molecule has 0 bridgehead atoms. The van der Waals surface area contributed by atoms with E-state index < -0.39 is 6.03 Å². The van der Waals surface area contributed by atoms with Crippen LogP contribution in [0.5, 0.6) is 5.75 Å². The summed E-state index contributed by atoms with van der Waals surface area (Å²) >= 11 is 0. The molecule has 29 heavy (non-hydrogen) atoms. The maximum absolute atomic E-state index is 12.2. The topological polar surface area (TPSA) is 87.9 Å². The molecule has 1 aliphatic rings. The van der Waals surface area contributed by atoms with Gasteiger partial charge in [-0.1, -0.05) is 12.1 Å². The van der Waals surface area contributed by atoms with Crippen LogP contribution in [0.3, 0.4) is 0 Å². The molecule has 152 valence electrons. The number of nitrogens with zero attached hydrogens (tertiary/aromatic N) is 2. The molecule has 3 N–H and O–H groups in total. The third kappa shape index (κ3) is 5.58. The van der Waals surface area contributed by atoms with Crippen LogP contribution in [0.15, 0.2) is 48.5 Å². The second-order valence-corrected chi connectivity index (χ2v) is 7.13. The van der Waals surface area contributed by atoms with Crippen molar-refractivity contribution in [3.8, 4) is 5.75 Å². The fraction of sp³-hybridized carbons (Fsp3) is 0.273. The minimum absolute atomic E-state index is 0.221. The van der Waals surface area contributed by atoms with Crippen molar-refractivity contribution in [1.82, 2.24) is 4.90 Å². The van der Waals surface area contributed by atoms with E-state index in [1.807, 2.05) is 44.4 Å². The minimum Gasteiger partial charge on any atom is -0.492 e. The van der Waals surface area contributed by atoms with Gasteiger partial charge in [0.05, 0.1) is 0 Å². The number of hydrogen-bond acceptors (Lipinski definition) is 4. The van der Waals surface area contributed by atoms with Crippen LogP contribution in [0.25, 0.3) is 6.08 Å². The van der Waals surface area contributed by atoms with Crippen LogP contribution < -0.4 is 20.7 Å². The molecule has 1 aliphatic heterocycles. The first-order chi connectivity index (χ1) is 13.9. The summed E-state index contributed by atoms with van der Waals surface area (Å²) in [5, 5.41) is 2.85. The summed E-state index contributed by atoms with van der Waals surface area (Å²) in [5.74, 6) is 0.581. The number of nitrogens with two attached hydrogens (primary N) is 1. The summed E-state index contributed by atoms with van der Waals surface area (Å²) in [6.45, 7) is 2.05. The molecule has 0 radical (unpaired) electrons. The van der Waals surface area contributed by atoms with E-state index in [-0.39, 0.29) is 5.91 Å². The first-order valence-electron chi connectivity index (χ1n) is 9.49. The van der Waals surface area contributed by atoms with Gasteiger partial charge in [0.2, 0.25) is 5.91 Å². The molecule has 2 aromatic rings. The lowest BCUT2D eigenvalue weighted by Gasteiger charge is -2.14. The molecule has 0 saturated heterocycles. The van der Waals surface area contributed by atoms with E-state index in [0.717, 1.165) is 35.5 Å². The van der Waals surface area contributed by atoms with Crippen LogP contribution in [-0.2, 0) is 11.2 Å². The van der Waals surface area contributed by atoms with Crippen molar-refractivity contribution in [3.63, 3.8) is 0 Å². The normalized spacial score (nSPS) is 13.0. The molecular formula is C22H26N4O3. The molecule has 3 rings (SSSR count). The average Bonchev–Trinajstić information content (AvgIpc) is 3.10. The zero-order chi connectivity index (χ0) is 20.8. The molecule has 0 aromatic heterocycles. The van der Waals surface area contributed by atoms with E-state index >= 15 is 0 Å². The molecule has 7 heteroatoms. The van der Waals surface area contributed by atoms with Crippen molar-refractivity contribution in [3.05, 3.63) is 59.7 Å². The number of benzene rings is 2. The largest absolute Gasteiger partial charge is 0.492 e. The van der Waals surface area contributed by atoms with Gasteiger partial charge in [0, 0.05) is 30.5 Å². The highest BCUT2D eigenvalue weighted by atomic mass is 16.5. The Bertz CT molecular complexity index is 907. The maximum atomic E-state index is 12.2. The van der Waals surface area contributed by atoms with Gasteiger partial charge in [-0.2, -0.15) is 0 Å². The quantitative estimate of drug-likeness (QED) is 0.707. The van der Waals surface area contributed by atoms with E-state index in [2.05, 4.69) is 10.2 Å². The molecule has 0 atom stereocenters. The summed E-state index contributed by atoms with van der Waals surface area (Å²) < 4.78 is 5.66. The van der Waals surface area contributed by atoms with Gasteiger partial charge in [-0.25, -0.2) is 4.79 Å². The number of likely N-dealkylation sites (N-methyl/N-ethyl adjacent to an activating group) is 1. The van der Waals surface area contributed by atoms with Crippen molar-refractivity contribution in [1.29, 1.82) is 0 Å². The van der Waals surface area contributed by atoms with Crippen molar-refractivity contribution < 1.29 is 14.3 Å². The Hall–Kier alpha value is -3.32. The molecule has 0 unspecified atom stereocenters. The lowest BCUT2D eigenvalue weighted by Crippen LogP contribution is -2.33. The van der Waals surface area contributed by atoms with Gasteiger partial charge >= 0.3 is 6.03 Å². The highest BCUT2D eigenvalue weighted by Gasteiger charge is 2.22. The van der Waals surface area contributed by atoms with Crippen LogP contribution in [0.4, 0.5) is 16.2 Å². The number of ether oxygens (including phenoxy) is 1. The second-order valence-electron chi connectivity index (χ2n) is 7.13. The van der Waals surface area contributed by atoms with Gasteiger partial charge in [-0.3, -0.25) is 9.69 Å². The summed E-state index contributed by atoms with van der Waals surface area (Å²) in [7, 11) is 4.00. The van der Waals surface area contributed by atoms with Crippen molar-refractivity contribution in [2.45, 2.75) is 6.42 Å². The number of nitrogens with one attached hydrogen (secondary N) is 1. The fourth-order valence-electron chi connectivity index (χ4n) is 3.09. The van der Waals surface area contributed by atoms with Gasteiger partial charge in [-0.15, -0.1) is 0 Å². The Labute approximate surface area is 170 Å². The highest BCUT2D eigenvalue weighted by Crippen LogP contribution is 2.30. The smallest absolute Gasteiger partial charge is 0.319 e. The predicted molar refractivity (Wildman–Crippen MR) is 115 cm³/mol. The van der Waals surface area contributed by atoms with Gasteiger partial charge in [0.1, 0.15) is 12.4 Å². The molecule has 0 aliphatic carbocycles. The molecule has 1 heterocycles. The number of carbonyl (C=O) groups excluding carboxylic acids is 2. The van der Waals surface area contributed by atoms with E-state index in [1.54, 1.807) is 18.2 Å². The van der Waals surface area contributed by atoms with Gasteiger partial charge in [-0.05, 0) is 68.1 Å². The summed E-state index contributed by atoms with van der Waals surface area (Å²) in [6.07, 6.45) is 3.97. The minimum atomic E-state index is -0.461.